The highest BCUT2D eigenvalue weighted by molar-refractivity contribution is 5.96. The van der Waals surface area contributed by atoms with Gasteiger partial charge in [0.15, 0.2) is 23.0 Å². The lowest BCUT2D eigenvalue weighted by atomic mass is 9.77. The molecule has 40 heavy (non-hydrogen) atoms. The molecule has 212 valence electrons. The molecule has 12 nitrogen and oxygen atoms in total. The number of aliphatic hydroxyl groups is 2. The summed E-state index contributed by atoms with van der Waals surface area (Å²) in [5.74, 6) is 0.00424. The summed E-state index contributed by atoms with van der Waals surface area (Å²) >= 11 is 0. The van der Waals surface area contributed by atoms with E-state index in [4.69, 9.17) is 23.7 Å². The number of amides is 2. The van der Waals surface area contributed by atoms with E-state index in [1.165, 1.54) is 31.3 Å². The number of nitrogens with one attached hydrogen (secondary N) is 1. The molecule has 2 aromatic rings. The first kappa shape index (κ1) is 27.4. The van der Waals surface area contributed by atoms with Gasteiger partial charge in [-0.15, -0.1) is 0 Å². The van der Waals surface area contributed by atoms with Gasteiger partial charge in [-0.2, -0.15) is 0 Å². The summed E-state index contributed by atoms with van der Waals surface area (Å²) in [6, 6.07) is 7.38. The third kappa shape index (κ3) is 4.96. The second-order valence-electron chi connectivity index (χ2n) is 9.54. The molecule has 1 aliphatic carbocycles. The predicted molar refractivity (Wildman–Crippen MR) is 139 cm³/mol. The van der Waals surface area contributed by atoms with Crippen LogP contribution < -0.4 is 24.3 Å². The molecular weight excluding hydrogens is 524 g/mol. The van der Waals surface area contributed by atoms with Crippen LogP contribution in [-0.4, -0.2) is 92.2 Å². The Hall–Kier alpha value is -4.13. The summed E-state index contributed by atoms with van der Waals surface area (Å²) in [7, 11) is 2.82. The van der Waals surface area contributed by atoms with Gasteiger partial charge in [-0.1, -0.05) is 6.07 Å². The van der Waals surface area contributed by atoms with Crippen molar-refractivity contribution in [1.29, 1.82) is 0 Å². The van der Waals surface area contributed by atoms with Crippen molar-refractivity contribution in [3.8, 4) is 23.0 Å². The quantitative estimate of drug-likeness (QED) is 0.355. The van der Waals surface area contributed by atoms with E-state index in [2.05, 4.69) is 5.32 Å². The molecule has 2 heterocycles. The number of aliphatic hydroxyl groups excluding tert-OH is 2. The normalized spacial score (nSPS) is 21.9. The average molecular weight is 555 g/mol. The lowest BCUT2D eigenvalue weighted by Crippen LogP contribution is -2.56. The summed E-state index contributed by atoms with van der Waals surface area (Å²) in [6.07, 6.45) is -0.0575. The van der Waals surface area contributed by atoms with Gasteiger partial charge in [0.2, 0.25) is 18.6 Å². The Morgan fingerprint density at radius 3 is 2.70 bits per heavy atom. The second kappa shape index (κ2) is 11.5. The number of benzene rings is 2. The highest BCUT2D eigenvalue weighted by atomic mass is 16.7. The molecule has 0 unspecified atom stereocenters. The summed E-state index contributed by atoms with van der Waals surface area (Å²) in [6.45, 7) is -0.393. The van der Waals surface area contributed by atoms with Gasteiger partial charge in [0, 0.05) is 36.9 Å². The predicted octanol–water partition coefficient (Wildman–Crippen LogP) is 0.534. The van der Waals surface area contributed by atoms with Crippen molar-refractivity contribution in [2.24, 2.45) is 0 Å². The minimum atomic E-state index is -1.27. The van der Waals surface area contributed by atoms with Gasteiger partial charge in [-0.05, 0) is 35.9 Å². The Labute approximate surface area is 230 Å². The van der Waals surface area contributed by atoms with Crippen LogP contribution in [-0.2, 0) is 20.9 Å². The molecule has 0 bridgehead atoms. The van der Waals surface area contributed by atoms with E-state index in [1.807, 2.05) is 0 Å². The molecule has 12 heteroatoms. The molecule has 3 N–H and O–H groups in total. The van der Waals surface area contributed by atoms with Crippen molar-refractivity contribution in [3.05, 3.63) is 58.7 Å². The lowest BCUT2D eigenvalue weighted by Gasteiger charge is -2.40. The zero-order valence-corrected chi connectivity index (χ0v) is 22.0. The van der Waals surface area contributed by atoms with E-state index in [-0.39, 0.29) is 44.4 Å². The maximum absolute atomic E-state index is 13.4. The topological polar surface area (TPSA) is 153 Å². The Morgan fingerprint density at radius 2 is 1.98 bits per heavy atom. The van der Waals surface area contributed by atoms with Crippen LogP contribution in [0.2, 0.25) is 0 Å². The van der Waals surface area contributed by atoms with Crippen LogP contribution in [0.1, 0.15) is 27.4 Å². The van der Waals surface area contributed by atoms with Gasteiger partial charge < -0.3 is 44.1 Å². The molecule has 0 aromatic heterocycles. The van der Waals surface area contributed by atoms with E-state index in [0.29, 0.717) is 40.2 Å². The molecule has 0 saturated heterocycles. The molecule has 2 aliphatic heterocycles. The molecule has 3 aliphatic rings. The third-order valence-electron chi connectivity index (χ3n) is 7.15. The van der Waals surface area contributed by atoms with Crippen LogP contribution in [0.3, 0.4) is 0 Å². The monoisotopic (exact) mass is 554 g/mol. The number of carbonyl (C=O) groups excluding carboxylic acids is 3. The van der Waals surface area contributed by atoms with E-state index in [1.54, 1.807) is 24.3 Å². The SMILES string of the molecule is COCC(=O)N(Cc1ccc2c(c1)OCO2)[C@@H]1C=C(C(=O)NCCO)[C@@H]2c3cc(C=O)cc(OC)c3O[C@@H]2[C@H]1O. The fourth-order valence-electron chi connectivity index (χ4n) is 5.36. The second-order valence-corrected chi connectivity index (χ2v) is 9.54. The van der Waals surface area contributed by atoms with Crippen molar-refractivity contribution >= 4 is 18.1 Å². The zero-order chi connectivity index (χ0) is 28.4. The van der Waals surface area contributed by atoms with Crippen LogP contribution in [0.4, 0.5) is 0 Å². The number of methoxy groups -OCH3 is 2. The van der Waals surface area contributed by atoms with Gasteiger partial charge in [0.1, 0.15) is 25.1 Å². The number of nitrogens with zero attached hydrogens (tertiary/aromatic N) is 1. The van der Waals surface area contributed by atoms with Crippen LogP contribution in [0.25, 0.3) is 0 Å². The van der Waals surface area contributed by atoms with Gasteiger partial charge in [-0.3, -0.25) is 14.4 Å². The number of ether oxygens (including phenoxy) is 5. The third-order valence-corrected chi connectivity index (χ3v) is 7.15. The van der Waals surface area contributed by atoms with Crippen molar-refractivity contribution in [2.75, 3.05) is 40.8 Å². The van der Waals surface area contributed by atoms with Crippen LogP contribution >= 0.6 is 0 Å². The van der Waals surface area contributed by atoms with Gasteiger partial charge in [-0.25, -0.2) is 0 Å². The Morgan fingerprint density at radius 1 is 1.18 bits per heavy atom. The Kier molecular flexibility index (Phi) is 7.92. The summed E-state index contributed by atoms with van der Waals surface area (Å²) in [5.41, 5.74) is 1.74. The molecular formula is C28H30N2O10. The van der Waals surface area contributed by atoms with Crippen molar-refractivity contribution in [2.45, 2.75) is 30.7 Å². The van der Waals surface area contributed by atoms with E-state index < -0.39 is 36.0 Å². The van der Waals surface area contributed by atoms with E-state index >= 15 is 0 Å². The summed E-state index contributed by atoms with van der Waals surface area (Å²) in [4.78, 5) is 39.8. The highest BCUT2D eigenvalue weighted by Gasteiger charge is 2.51. The average Bonchev–Trinajstić information content (AvgIpc) is 3.59. The Balaban J connectivity index is 1.58. The standard InChI is InChI=1S/C28H30N2O10/c1-36-13-23(33)30(11-15-3-4-20-21(8-15)39-14-38-20)19-10-18(28(35)29-5-6-31)24-17-7-16(12-32)9-22(37-2)26(17)40-27(24)25(19)34/h3-4,7-10,12,19,24-25,27,31,34H,5-6,11,13-14H2,1-2H3,(H,29,35)/t19-,24+,25+,27+/m1/s1. The number of fused-ring (bicyclic) bond motifs is 4. The summed E-state index contributed by atoms with van der Waals surface area (Å²) < 4.78 is 27.6. The lowest BCUT2D eigenvalue weighted by molar-refractivity contribution is -0.141. The maximum atomic E-state index is 13.4. The molecule has 2 amide bonds. The van der Waals surface area contributed by atoms with E-state index in [9.17, 15) is 24.6 Å². The first-order valence-corrected chi connectivity index (χ1v) is 12.7. The van der Waals surface area contributed by atoms with E-state index in [0.717, 1.165) is 0 Å². The van der Waals surface area contributed by atoms with Crippen LogP contribution in [0, 0.1) is 0 Å². The fourth-order valence-corrected chi connectivity index (χ4v) is 5.36. The minimum absolute atomic E-state index is 0.00426. The summed E-state index contributed by atoms with van der Waals surface area (Å²) in [5, 5.41) is 23.6. The molecule has 2 aromatic carbocycles. The molecule has 0 radical (unpaired) electrons. The molecule has 0 saturated carbocycles. The minimum Gasteiger partial charge on any atom is -0.493 e. The fraction of sp³-hybridized carbons (Fsp3) is 0.393. The van der Waals surface area contributed by atoms with Gasteiger partial charge in [0.25, 0.3) is 0 Å². The first-order chi connectivity index (χ1) is 19.4. The number of rotatable bonds is 10. The van der Waals surface area contributed by atoms with Crippen molar-refractivity contribution in [1.82, 2.24) is 10.2 Å². The zero-order valence-electron chi connectivity index (χ0n) is 22.0. The smallest absolute Gasteiger partial charge is 0.249 e. The highest BCUT2D eigenvalue weighted by Crippen LogP contribution is 2.51. The van der Waals surface area contributed by atoms with Crippen molar-refractivity contribution < 1.29 is 48.3 Å². The van der Waals surface area contributed by atoms with Gasteiger partial charge >= 0.3 is 0 Å². The Bertz CT molecular complexity index is 1340. The first-order valence-electron chi connectivity index (χ1n) is 12.7. The largest absolute Gasteiger partial charge is 0.493 e. The molecule has 5 rings (SSSR count). The van der Waals surface area contributed by atoms with Gasteiger partial charge in [0.05, 0.1) is 25.7 Å². The molecule has 0 spiro atoms. The van der Waals surface area contributed by atoms with Crippen LogP contribution in [0.5, 0.6) is 23.0 Å². The maximum Gasteiger partial charge on any atom is 0.249 e. The number of carbonyl (C=O) groups is 3. The number of hydrogen-bond acceptors (Lipinski definition) is 10. The molecule has 0 fully saturated rings. The van der Waals surface area contributed by atoms with Crippen molar-refractivity contribution in [3.63, 3.8) is 0 Å². The van der Waals surface area contributed by atoms with Crippen LogP contribution in [0.15, 0.2) is 42.0 Å². The molecule has 4 atom stereocenters. The number of aldehydes is 1. The number of hydrogen-bond donors (Lipinski definition) is 3.